The molecule has 0 unspecified atom stereocenters. The van der Waals surface area contributed by atoms with Crippen molar-refractivity contribution in [3.63, 3.8) is 0 Å². The summed E-state index contributed by atoms with van der Waals surface area (Å²) in [7, 11) is 2.75. The molecule has 3 rings (SSSR count). The van der Waals surface area contributed by atoms with Gasteiger partial charge in [-0.2, -0.15) is 0 Å². The Morgan fingerprint density at radius 1 is 1.11 bits per heavy atom. The first-order valence-corrected chi connectivity index (χ1v) is 9.29. The normalized spacial score (nSPS) is 28.2. The first-order valence-electron chi connectivity index (χ1n) is 9.29. The summed E-state index contributed by atoms with van der Waals surface area (Å²) in [4.78, 5) is 25.1. The van der Waals surface area contributed by atoms with Gasteiger partial charge in [-0.05, 0) is 24.8 Å². The molecule has 2 fully saturated rings. The molecular formula is C20H27NO6. The molecule has 2 heterocycles. The first kappa shape index (κ1) is 19.8. The molecule has 0 amide bonds. The summed E-state index contributed by atoms with van der Waals surface area (Å²) in [5, 5.41) is 3.41. The highest BCUT2D eigenvalue weighted by Crippen LogP contribution is 2.36. The van der Waals surface area contributed by atoms with Crippen molar-refractivity contribution in [2.75, 3.05) is 27.4 Å². The Kier molecular flexibility index (Phi) is 6.46. The van der Waals surface area contributed by atoms with E-state index >= 15 is 0 Å². The van der Waals surface area contributed by atoms with Gasteiger partial charge in [0.15, 0.2) is 6.29 Å². The van der Waals surface area contributed by atoms with Gasteiger partial charge in [0.25, 0.3) is 0 Å². The van der Waals surface area contributed by atoms with Gasteiger partial charge < -0.3 is 18.9 Å². The number of hydrogen-bond acceptors (Lipinski definition) is 7. The summed E-state index contributed by atoms with van der Waals surface area (Å²) < 4.78 is 21.1. The molecule has 0 radical (unpaired) electrons. The molecule has 2 aliphatic heterocycles. The highest BCUT2D eigenvalue weighted by molar-refractivity contribution is 5.84. The lowest BCUT2D eigenvalue weighted by Crippen LogP contribution is -2.52. The van der Waals surface area contributed by atoms with E-state index in [0.29, 0.717) is 38.9 Å². The summed E-state index contributed by atoms with van der Waals surface area (Å²) in [5.74, 6) is -1.12. The van der Waals surface area contributed by atoms with Crippen LogP contribution in [-0.2, 0) is 35.0 Å². The molecule has 148 valence electrons. The number of benzene rings is 1. The van der Waals surface area contributed by atoms with Crippen LogP contribution in [0.25, 0.3) is 0 Å². The quantitative estimate of drug-likeness (QED) is 0.720. The third-order valence-corrected chi connectivity index (χ3v) is 5.35. The Bertz CT molecular complexity index is 645. The predicted octanol–water partition coefficient (Wildman–Crippen LogP) is 1.45. The van der Waals surface area contributed by atoms with Gasteiger partial charge in [0.1, 0.15) is 5.54 Å². The number of esters is 2. The van der Waals surface area contributed by atoms with Crippen LogP contribution < -0.4 is 5.32 Å². The van der Waals surface area contributed by atoms with E-state index < -0.39 is 11.5 Å². The molecule has 1 aromatic rings. The SMILES string of the molecule is COC(=O)[C@H]1C[C@@](Cc2ccccc2)(C(=O)OC)N[C@H]1CCC1OCCO1. The number of carbonyl (C=O) groups is 2. The molecule has 0 aromatic heterocycles. The minimum absolute atomic E-state index is 0.215. The second-order valence-electron chi connectivity index (χ2n) is 7.07. The molecule has 27 heavy (non-hydrogen) atoms. The number of nitrogens with one attached hydrogen (secondary N) is 1. The summed E-state index contributed by atoms with van der Waals surface area (Å²) in [5.41, 5.74) is 0.0407. The summed E-state index contributed by atoms with van der Waals surface area (Å²) in [6.45, 7) is 1.17. The lowest BCUT2D eigenvalue weighted by molar-refractivity contribution is -0.148. The van der Waals surface area contributed by atoms with Gasteiger partial charge in [0.05, 0.1) is 33.4 Å². The van der Waals surface area contributed by atoms with E-state index in [0.717, 1.165) is 5.56 Å². The molecule has 3 atom stereocenters. The van der Waals surface area contributed by atoms with Crippen molar-refractivity contribution in [2.45, 2.75) is 43.6 Å². The number of hydrogen-bond donors (Lipinski definition) is 1. The van der Waals surface area contributed by atoms with Gasteiger partial charge in [-0.15, -0.1) is 0 Å². The lowest BCUT2D eigenvalue weighted by Gasteiger charge is -2.28. The number of methoxy groups -OCH3 is 2. The van der Waals surface area contributed by atoms with Crippen LogP contribution in [0.5, 0.6) is 0 Å². The van der Waals surface area contributed by atoms with Crippen LogP contribution in [0.4, 0.5) is 0 Å². The average molecular weight is 377 g/mol. The third-order valence-electron chi connectivity index (χ3n) is 5.35. The van der Waals surface area contributed by atoms with Crippen LogP contribution in [0.3, 0.4) is 0 Å². The molecule has 7 nitrogen and oxygen atoms in total. The highest BCUT2D eigenvalue weighted by atomic mass is 16.7. The van der Waals surface area contributed by atoms with E-state index in [1.54, 1.807) is 0 Å². The van der Waals surface area contributed by atoms with Gasteiger partial charge in [0, 0.05) is 12.5 Å². The molecule has 1 N–H and O–H groups in total. The summed E-state index contributed by atoms with van der Waals surface area (Å²) in [6.07, 6.45) is 1.80. The smallest absolute Gasteiger partial charge is 0.326 e. The number of ether oxygens (including phenoxy) is 4. The zero-order valence-corrected chi connectivity index (χ0v) is 15.8. The molecule has 0 saturated carbocycles. The molecule has 2 aliphatic rings. The highest BCUT2D eigenvalue weighted by Gasteiger charge is 2.53. The van der Waals surface area contributed by atoms with Gasteiger partial charge in [0.2, 0.25) is 0 Å². The van der Waals surface area contributed by atoms with Crippen molar-refractivity contribution in [3.8, 4) is 0 Å². The maximum Gasteiger partial charge on any atom is 0.326 e. The second kappa shape index (κ2) is 8.82. The van der Waals surface area contributed by atoms with Crippen molar-refractivity contribution >= 4 is 11.9 Å². The zero-order chi connectivity index (χ0) is 19.3. The Balaban J connectivity index is 1.79. The Hall–Kier alpha value is -1.96. The van der Waals surface area contributed by atoms with E-state index in [2.05, 4.69) is 5.32 Å². The standard InChI is InChI=1S/C20H27NO6/c1-24-18(22)15-13-20(19(23)25-2,12-14-6-4-3-5-7-14)21-16(15)8-9-17-26-10-11-27-17/h3-7,15-17,21H,8-13H2,1-2H3/t15-,16-,20-/m0/s1. The average Bonchev–Trinajstić information content (AvgIpc) is 3.34. The van der Waals surface area contributed by atoms with Crippen LogP contribution >= 0.6 is 0 Å². The van der Waals surface area contributed by atoms with Crippen molar-refractivity contribution in [1.29, 1.82) is 0 Å². The Labute approximate surface area is 159 Å². The van der Waals surface area contributed by atoms with E-state index in [-0.39, 0.29) is 24.3 Å². The number of carbonyl (C=O) groups excluding carboxylic acids is 2. The van der Waals surface area contributed by atoms with E-state index in [1.807, 2.05) is 30.3 Å². The van der Waals surface area contributed by atoms with E-state index in [1.165, 1.54) is 14.2 Å². The largest absolute Gasteiger partial charge is 0.469 e. The van der Waals surface area contributed by atoms with Crippen molar-refractivity contribution in [1.82, 2.24) is 5.32 Å². The molecular weight excluding hydrogens is 350 g/mol. The van der Waals surface area contributed by atoms with Crippen molar-refractivity contribution in [3.05, 3.63) is 35.9 Å². The first-order chi connectivity index (χ1) is 13.1. The third kappa shape index (κ3) is 4.48. The maximum atomic E-state index is 12.7. The van der Waals surface area contributed by atoms with Gasteiger partial charge in [-0.3, -0.25) is 14.9 Å². The number of rotatable bonds is 7. The molecule has 7 heteroatoms. The van der Waals surface area contributed by atoms with Crippen LogP contribution in [0.15, 0.2) is 30.3 Å². The molecule has 0 bridgehead atoms. The summed E-state index contributed by atoms with van der Waals surface area (Å²) >= 11 is 0. The maximum absolute atomic E-state index is 12.7. The summed E-state index contributed by atoms with van der Waals surface area (Å²) in [6, 6.07) is 9.50. The van der Waals surface area contributed by atoms with Gasteiger partial charge >= 0.3 is 11.9 Å². The Morgan fingerprint density at radius 2 is 1.81 bits per heavy atom. The van der Waals surface area contributed by atoms with Crippen LogP contribution in [0.1, 0.15) is 24.8 Å². The molecule has 1 aromatic carbocycles. The van der Waals surface area contributed by atoms with E-state index in [9.17, 15) is 9.59 Å². The van der Waals surface area contributed by atoms with Gasteiger partial charge in [-0.25, -0.2) is 0 Å². The van der Waals surface area contributed by atoms with Crippen LogP contribution in [-0.4, -0.2) is 57.2 Å². The lowest BCUT2D eigenvalue weighted by atomic mass is 9.85. The second-order valence-corrected chi connectivity index (χ2v) is 7.07. The van der Waals surface area contributed by atoms with Crippen LogP contribution in [0.2, 0.25) is 0 Å². The molecule has 2 saturated heterocycles. The van der Waals surface area contributed by atoms with E-state index in [4.69, 9.17) is 18.9 Å². The topological polar surface area (TPSA) is 83.1 Å². The fraction of sp³-hybridized carbons (Fsp3) is 0.600. The van der Waals surface area contributed by atoms with Crippen molar-refractivity contribution in [2.24, 2.45) is 5.92 Å². The Morgan fingerprint density at radius 3 is 2.44 bits per heavy atom. The minimum Gasteiger partial charge on any atom is -0.469 e. The predicted molar refractivity (Wildman–Crippen MR) is 96.9 cm³/mol. The molecule has 0 aliphatic carbocycles. The zero-order valence-electron chi connectivity index (χ0n) is 15.8. The van der Waals surface area contributed by atoms with Gasteiger partial charge in [-0.1, -0.05) is 30.3 Å². The fourth-order valence-corrected chi connectivity index (χ4v) is 4.07. The monoisotopic (exact) mass is 377 g/mol. The van der Waals surface area contributed by atoms with Crippen LogP contribution in [0, 0.1) is 5.92 Å². The molecule has 0 spiro atoms. The fourth-order valence-electron chi connectivity index (χ4n) is 4.07. The minimum atomic E-state index is -0.961. The van der Waals surface area contributed by atoms with Crippen molar-refractivity contribution < 1.29 is 28.5 Å².